The molecule has 0 heterocycles. The zero-order valence-corrected chi connectivity index (χ0v) is 5.84. The van der Waals surface area contributed by atoms with Gasteiger partial charge in [0.1, 0.15) is 5.82 Å². The molecule has 10 heavy (non-hydrogen) atoms. The van der Waals surface area contributed by atoms with Crippen molar-refractivity contribution < 1.29 is 4.39 Å². The Morgan fingerprint density at radius 1 is 1.50 bits per heavy atom. The second-order valence-corrected chi connectivity index (χ2v) is 2.10. The van der Waals surface area contributed by atoms with Crippen LogP contribution >= 0.6 is 0 Å². The van der Waals surface area contributed by atoms with Crippen molar-refractivity contribution in [3.05, 3.63) is 41.0 Å². The van der Waals surface area contributed by atoms with E-state index in [1.54, 1.807) is 13.1 Å². The first kappa shape index (κ1) is 7.22. The molecule has 1 nitrogen and oxygen atoms in total. The Morgan fingerprint density at radius 2 is 2.30 bits per heavy atom. The lowest BCUT2D eigenvalue weighted by molar-refractivity contribution is 0.626. The molecule has 0 atom stereocenters. The molecule has 0 aliphatic carbocycles. The number of hydrogen-bond acceptors (Lipinski definition) is 0. The fourth-order valence-corrected chi connectivity index (χ4v) is 0.818. The average Bonchev–Trinajstić information content (AvgIpc) is 1.88. The lowest BCUT2D eigenvalue weighted by Gasteiger charge is -2.09. The molecule has 0 bridgehead atoms. The second kappa shape index (κ2) is 3.32. The smallest absolute Gasteiger partial charge is 0.123 e. The van der Waals surface area contributed by atoms with Gasteiger partial charge in [0.15, 0.2) is 0 Å². The van der Waals surface area contributed by atoms with Crippen LogP contribution in [0.3, 0.4) is 0 Å². The van der Waals surface area contributed by atoms with E-state index in [0.717, 1.165) is 5.56 Å². The van der Waals surface area contributed by atoms with E-state index in [1.807, 2.05) is 6.07 Å². The Bertz CT molecular complexity index is 210. The van der Waals surface area contributed by atoms with Crippen molar-refractivity contribution in [2.45, 2.75) is 6.54 Å². The lowest BCUT2D eigenvalue weighted by atomic mass is 10.2. The third kappa shape index (κ3) is 1.81. The van der Waals surface area contributed by atoms with Crippen molar-refractivity contribution in [3.63, 3.8) is 0 Å². The number of hydrogen-bond donors (Lipinski definition) is 0. The number of rotatable bonds is 2. The topological polar surface area (TPSA) is 14.1 Å². The van der Waals surface area contributed by atoms with Gasteiger partial charge in [0.05, 0.1) is 0 Å². The summed E-state index contributed by atoms with van der Waals surface area (Å²) in [4.78, 5) is 0. The maximum absolute atomic E-state index is 12.4. The molecule has 0 amide bonds. The molecule has 0 saturated carbocycles. The zero-order valence-electron chi connectivity index (χ0n) is 5.84. The predicted molar refractivity (Wildman–Crippen MR) is 39.4 cm³/mol. The van der Waals surface area contributed by atoms with Gasteiger partial charge in [0.25, 0.3) is 0 Å². The van der Waals surface area contributed by atoms with E-state index in [2.05, 4.69) is 5.32 Å². The first-order chi connectivity index (χ1) is 4.83. The zero-order chi connectivity index (χ0) is 7.40. The van der Waals surface area contributed by atoms with Crippen LogP contribution in [0.2, 0.25) is 0 Å². The molecular formula is C8H9FN-. The van der Waals surface area contributed by atoms with Crippen molar-refractivity contribution in [2.24, 2.45) is 0 Å². The molecule has 1 aromatic rings. The molecule has 0 spiro atoms. The normalized spacial score (nSPS) is 9.80. The summed E-state index contributed by atoms with van der Waals surface area (Å²) < 4.78 is 12.4. The van der Waals surface area contributed by atoms with Crippen molar-refractivity contribution in [2.75, 3.05) is 7.05 Å². The molecule has 0 fully saturated rings. The minimum atomic E-state index is -0.193. The van der Waals surface area contributed by atoms with Gasteiger partial charge in [-0.1, -0.05) is 17.7 Å². The molecule has 0 aliphatic rings. The molecule has 0 aromatic heterocycles. The van der Waals surface area contributed by atoms with E-state index >= 15 is 0 Å². The van der Waals surface area contributed by atoms with Crippen LogP contribution in [0, 0.1) is 5.82 Å². The summed E-state index contributed by atoms with van der Waals surface area (Å²) in [6.45, 7) is 0.595. The molecule has 2 heteroatoms. The highest BCUT2D eigenvalue weighted by Crippen LogP contribution is 2.05. The van der Waals surface area contributed by atoms with Gasteiger partial charge in [-0.2, -0.15) is 7.05 Å². The summed E-state index contributed by atoms with van der Waals surface area (Å²) in [5, 5.41) is 3.88. The predicted octanol–water partition coefficient (Wildman–Crippen LogP) is 2.33. The van der Waals surface area contributed by atoms with E-state index in [1.165, 1.54) is 12.1 Å². The second-order valence-electron chi connectivity index (χ2n) is 2.10. The fraction of sp³-hybridized carbons (Fsp3) is 0.250. The Kier molecular flexibility index (Phi) is 2.40. The van der Waals surface area contributed by atoms with Crippen LogP contribution < -0.4 is 0 Å². The van der Waals surface area contributed by atoms with Crippen LogP contribution in [0.4, 0.5) is 4.39 Å². The molecule has 1 rings (SSSR count). The van der Waals surface area contributed by atoms with Crippen LogP contribution in [0.5, 0.6) is 0 Å². The van der Waals surface area contributed by atoms with E-state index < -0.39 is 0 Å². The Labute approximate surface area is 59.9 Å². The number of halogens is 1. The molecular weight excluding hydrogens is 129 g/mol. The van der Waals surface area contributed by atoms with Crippen molar-refractivity contribution in [1.82, 2.24) is 0 Å². The van der Waals surface area contributed by atoms with Crippen LogP contribution in [-0.2, 0) is 6.54 Å². The molecule has 0 unspecified atom stereocenters. The van der Waals surface area contributed by atoms with Gasteiger partial charge in [0.2, 0.25) is 0 Å². The molecule has 0 radical (unpaired) electrons. The minimum Gasteiger partial charge on any atom is -0.661 e. The van der Waals surface area contributed by atoms with E-state index in [0.29, 0.717) is 6.54 Å². The summed E-state index contributed by atoms with van der Waals surface area (Å²) >= 11 is 0. The first-order valence-electron chi connectivity index (χ1n) is 3.13. The van der Waals surface area contributed by atoms with Crippen LogP contribution in [-0.4, -0.2) is 7.05 Å². The van der Waals surface area contributed by atoms with Gasteiger partial charge in [0, 0.05) is 0 Å². The highest BCUT2D eigenvalue weighted by Gasteiger charge is 1.87. The number of benzene rings is 1. The highest BCUT2D eigenvalue weighted by atomic mass is 19.1. The Morgan fingerprint density at radius 3 is 2.90 bits per heavy atom. The van der Waals surface area contributed by atoms with Gasteiger partial charge >= 0.3 is 0 Å². The van der Waals surface area contributed by atoms with Gasteiger partial charge < -0.3 is 5.32 Å². The monoisotopic (exact) mass is 138 g/mol. The van der Waals surface area contributed by atoms with Crippen LogP contribution in [0.15, 0.2) is 24.3 Å². The maximum atomic E-state index is 12.4. The number of nitrogens with zero attached hydrogens (tertiary/aromatic N) is 1. The van der Waals surface area contributed by atoms with Crippen LogP contribution in [0.1, 0.15) is 5.56 Å². The molecule has 1 aromatic carbocycles. The average molecular weight is 138 g/mol. The van der Waals surface area contributed by atoms with Crippen molar-refractivity contribution >= 4 is 0 Å². The van der Waals surface area contributed by atoms with Crippen molar-refractivity contribution in [3.8, 4) is 0 Å². The van der Waals surface area contributed by atoms with Gasteiger partial charge in [-0.3, -0.25) is 0 Å². The summed E-state index contributed by atoms with van der Waals surface area (Å²) in [7, 11) is 1.71. The van der Waals surface area contributed by atoms with Gasteiger partial charge in [-0.05, 0) is 12.1 Å². The Hall–Kier alpha value is -0.890. The molecule has 0 N–H and O–H groups in total. The first-order valence-corrected chi connectivity index (χ1v) is 3.13. The summed E-state index contributed by atoms with van der Waals surface area (Å²) in [5.74, 6) is -0.193. The van der Waals surface area contributed by atoms with Crippen LogP contribution in [0.25, 0.3) is 5.32 Å². The van der Waals surface area contributed by atoms with E-state index in [-0.39, 0.29) is 5.82 Å². The van der Waals surface area contributed by atoms with Gasteiger partial charge in [-0.25, -0.2) is 4.39 Å². The maximum Gasteiger partial charge on any atom is 0.123 e. The molecule has 0 saturated heterocycles. The Balaban J connectivity index is 2.75. The molecule has 54 valence electrons. The summed E-state index contributed by atoms with van der Waals surface area (Å²) in [6.07, 6.45) is 0. The third-order valence-corrected chi connectivity index (χ3v) is 1.23. The quantitative estimate of drug-likeness (QED) is 0.595. The van der Waals surface area contributed by atoms with Crippen molar-refractivity contribution in [1.29, 1.82) is 0 Å². The summed E-state index contributed by atoms with van der Waals surface area (Å²) in [5.41, 5.74) is 0.919. The SMILES string of the molecule is C[N-]Cc1cccc(F)c1. The minimum absolute atomic E-state index is 0.193. The van der Waals surface area contributed by atoms with E-state index in [9.17, 15) is 4.39 Å². The molecule has 0 aliphatic heterocycles. The lowest BCUT2D eigenvalue weighted by Crippen LogP contribution is -1.82. The van der Waals surface area contributed by atoms with E-state index in [4.69, 9.17) is 0 Å². The largest absolute Gasteiger partial charge is 0.661 e. The summed E-state index contributed by atoms with van der Waals surface area (Å²) in [6, 6.07) is 6.47. The van der Waals surface area contributed by atoms with Gasteiger partial charge in [-0.15, -0.1) is 6.54 Å². The standard InChI is InChI=1S/C8H9FN/c1-10-6-7-3-2-4-8(9)5-7/h2-5H,6H2,1H3/q-1. The highest BCUT2D eigenvalue weighted by molar-refractivity contribution is 5.17. The third-order valence-electron chi connectivity index (χ3n) is 1.23. The fourth-order valence-electron chi connectivity index (χ4n) is 0.818.